The Labute approximate surface area is 65.6 Å². The number of nitrogens with two attached hydrogens (primary N) is 1. The molecule has 1 rings (SSSR count). The van der Waals surface area contributed by atoms with E-state index in [0.717, 1.165) is 18.8 Å². The van der Waals surface area contributed by atoms with Gasteiger partial charge in [0.25, 0.3) is 0 Å². The van der Waals surface area contributed by atoms with Gasteiger partial charge in [-0.1, -0.05) is 0 Å². The van der Waals surface area contributed by atoms with Gasteiger partial charge in [0.15, 0.2) is 0 Å². The Balaban J connectivity index is 2.31. The first-order valence-corrected chi connectivity index (χ1v) is 3.56. The van der Waals surface area contributed by atoms with Crippen LogP contribution in [-0.2, 0) is 6.54 Å². The first-order chi connectivity index (χ1) is 5.33. The maximum absolute atomic E-state index is 5.37. The first kappa shape index (κ1) is 8.16. The van der Waals surface area contributed by atoms with Gasteiger partial charge >= 0.3 is 0 Å². The Morgan fingerprint density at radius 2 is 2.55 bits per heavy atom. The van der Waals surface area contributed by atoms with E-state index >= 15 is 0 Å². The van der Waals surface area contributed by atoms with Gasteiger partial charge in [-0.3, -0.25) is 4.90 Å². The monoisotopic (exact) mass is 155 g/mol. The number of hydrogen-bond acceptors (Lipinski definition) is 4. The molecule has 0 saturated carbocycles. The Bertz CT molecular complexity index is 183. The van der Waals surface area contributed by atoms with Gasteiger partial charge in [-0.2, -0.15) is 15.4 Å². The van der Waals surface area contributed by atoms with Gasteiger partial charge in [-0.15, -0.1) is 0 Å². The van der Waals surface area contributed by atoms with Crippen LogP contribution in [-0.4, -0.2) is 40.4 Å². The Morgan fingerprint density at radius 3 is 3.09 bits per heavy atom. The second-order valence-electron chi connectivity index (χ2n) is 2.49. The molecule has 5 nitrogen and oxygen atoms in total. The molecule has 0 aliphatic rings. The normalized spacial score (nSPS) is 10.8. The topological polar surface area (TPSA) is 70.8 Å². The molecular weight excluding hydrogens is 142 g/mol. The number of hydrogen-bond donors (Lipinski definition) is 2. The molecule has 0 unspecified atom stereocenters. The molecule has 0 aliphatic heterocycles. The summed E-state index contributed by atoms with van der Waals surface area (Å²) in [6.45, 7) is 2.36. The fraction of sp³-hybridized carbons (Fsp3) is 0.667. The van der Waals surface area contributed by atoms with Gasteiger partial charge < -0.3 is 5.73 Å². The summed E-state index contributed by atoms with van der Waals surface area (Å²) in [4.78, 5) is 2.10. The maximum Gasteiger partial charge on any atom is 0.0964 e. The van der Waals surface area contributed by atoms with Gasteiger partial charge in [0.1, 0.15) is 0 Å². The Hall–Kier alpha value is -0.940. The maximum atomic E-state index is 5.37. The second-order valence-corrected chi connectivity index (χ2v) is 2.49. The molecular formula is C6H13N5. The number of rotatable bonds is 4. The van der Waals surface area contributed by atoms with Crippen molar-refractivity contribution in [2.24, 2.45) is 5.73 Å². The van der Waals surface area contributed by atoms with Crippen LogP contribution >= 0.6 is 0 Å². The largest absolute Gasteiger partial charge is 0.329 e. The number of nitrogens with one attached hydrogen (secondary N) is 1. The minimum absolute atomic E-state index is 0.675. The molecule has 1 aromatic heterocycles. The Kier molecular flexibility index (Phi) is 3.00. The molecule has 3 N–H and O–H groups in total. The summed E-state index contributed by atoms with van der Waals surface area (Å²) < 4.78 is 0. The fourth-order valence-electron chi connectivity index (χ4n) is 0.878. The molecule has 0 amide bonds. The summed E-state index contributed by atoms with van der Waals surface area (Å²) in [7, 11) is 2.00. The number of aromatic amines is 1. The highest BCUT2D eigenvalue weighted by molar-refractivity contribution is 4.89. The zero-order valence-electron chi connectivity index (χ0n) is 6.62. The number of nitrogens with zero attached hydrogens (tertiary/aromatic N) is 3. The summed E-state index contributed by atoms with van der Waals surface area (Å²) in [6.07, 6.45) is 1.72. The third-order valence-corrected chi connectivity index (χ3v) is 1.41. The molecule has 11 heavy (non-hydrogen) atoms. The lowest BCUT2D eigenvalue weighted by atomic mass is 10.4. The van der Waals surface area contributed by atoms with Crippen molar-refractivity contribution >= 4 is 0 Å². The van der Waals surface area contributed by atoms with E-state index in [4.69, 9.17) is 5.73 Å². The minimum Gasteiger partial charge on any atom is -0.329 e. The molecule has 0 aromatic carbocycles. The van der Waals surface area contributed by atoms with Gasteiger partial charge in [0.2, 0.25) is 0 Å². The van der Waals surface area contributed by atoms with Crippen molar-refractivity contribution in [1.82, 2.24) is 20.3 Å². The van der Waals surface area contributed by atoms with Crippen LogP contribution in [0, 0.1) is 0 Å². The van der Waals surface area contributed by atoms with Gasteiger partial charge in [-0.05, 0) is 7.05 Å². The molecule has 0 fully saturated rings. The van der Waals surface area contributed by atoms with Crippen LogP contribution in [0.5, 0.6) is 0 Å². The van der Waals surface area contributed by atoms with E-state index in [9.17, 15) is 0 Å². The highest BCUT2D eigenvalue weighted by Crippen LogP contribution is 1.93. The number of aromatic nitrogens is 3. The van der Waals surface area contributed by atoms with Crippen LogP contribution in [0.4, 0.5) is 0 Å². The van der Waals surface area contributed by atoms with Gasteiger partial charge in [0.05, 0.1) is 11.9 Å². The highest BCUT2D eigenvalue weighted by atomic mass is 15.3. The molecule has 0 bridgehead atoms. The van der Waals surface area contributed by atoms with Crippen LogP contribution < -0.4 is 5.73 Å². The quantitative estimate of drug-likeness (QED) is 0.597. The molecule has 0 atom stereocenters. The average molecular weight is 155 g/mol. The molecule has 0 saturated heterocycles. The zero-order valence-corrected chi connectivity index (χ0v) is 6.62. The van der Waals surface area contributed by atoms with Crippen molar-refractivity contribution in [3.63, 3.8) is 0 Å². The lowest BCUT2D eigenvalue weighted by Crippen LogP contribution is -2.25. The van der Waals surface area contributed by atoms with E-state index < -0.39 is 0 Å². The van der Waals surface area contributed by atoms with E-state index in [0.29, 0.717) is 6.54 Å². The summed E-state index contributed by atoms with van der Waals surface area (Å²) in [6, 6.07) is 0. The van der Waals surface area contributed by atoms with Gasteiger partial charge in [-0.25, -0.2) is 0 Å². The minimum atomic E-state index is 0.675. The Morgan fingerprint density at radius 1 is 1.73 bits per heavy atom. The fourth-order valence-corrected chi connectivity index (χ4v) is 0.878. The van der Waals surface area contributed by atoms with Crippen molar-refractivity contribution in [2.75, 3.05) is 20.1 Å². The molecule has 1 heterocycles. The lowest BCUT2D eigenvalue weighted by Gasteiger charge is -2.12. The molecule has 0 spiro atoms. The highest BCUT2D eigenvalue weighted by Gasteiger charge is 1.99. The number of likely N-dealkylation sites (N-methyl/N-ethyl adjacent to an activating group) is 1. The summed E-state index contributed by atoms with van der Waals surface area (Å²) in [5.74, 6) is 0. The van der Waals surface area contributed by atoms with Crippen LogP contribution in [0.25, 0.3) is 0 Å². The van der Waals surface area contributed by atoms with E-state index in [2.05, 4.69) is 20.3 Å². The zero-order chi connectivity index (χ0) is 8.10. The summed E-state index contributed by atoms with van der Waals surface area (Å²) in [5, 5.41) is 10.2. The van der Waals surface area contributed by atoms with E-state index in [1.807, 2.05) is 7.05 Å². The van der Waals surface area contributed by atoms with Crippen molar-refractivity contribution < 1.29 is 0 Å². The van der Waals surface area contributed by atoms with Crippen molar-refractivity contribution in [3.05, 3.63) is 11.9 Å². The summed E-state index contributed by atoms with van der Waals surface area (Å²) >= 11 is 0. The predicted molar refractivity (Wildman–Crippen MR) is 41.8 cm³/mol. The third-order valence-electron chi connectivity index (χ3n) is 1.41. The van der Waals surface area contributed by atoms with Crippen LogP contribution in [0.3, 0.4) is 0 Å². The number of H-pyrrole nitrogens is 1. The molecule has 0 radical (unpaired) electrons. The molecule has 0 aliphatic carbocycles. The van der Waals surface area contributed by atoms with Crippen LogP contribution in [0.1, 0.15) is 5.69 Å². The lowest BCUT2D eigenvalue weighted by molar-refractivity contribution is 0.332. The van der Waals surface area contributed by atoms with Gasteiger partial charge in [0, 0.05) is 19.6 Å². The second kappa shape index (κ2) is 4.05. The predicted octanol–water partition coefficient (Wildman–Crippen LogP) is -0.805. The molecule has 62 valence electrons. The SMILES string of the molecule is CN(CCN)Cc1cn[nH]n1. The van der Waals surface area contributed by atoms with E-state index in [-0.39, 0.29) is 0 Å². The molecule has 1 aromatic rings. The van der Waals surface area contributed by atoms with Crippen LogP contribution in [0.2, 0.25) is 0 Å². The van der Waals surface area contributed by atoms with E-state index in [1.54, 1.807) is 6.20 Å². The first-order valence-electron chi connectivity index (χ1n) is 3.56. The molecule has 5 heteroatoms. The smallest absolute Gasteiger partial charge is 0.0964 e. The van der Waals surface area contributed by atoms with E-state index in [1.165, 1.54) is 0 Å². The van der Waals surface area contributed by atoms with Crippen molar-refractivity contribution in [3.8, 4) is 0 Å². The average Bonchev–Trinajstić information content (AvgIpc) is 2.40. The standard InChI is InChI=1S/C6H13N5/c1-11(3-2-7)5-6-4-8-10-9-6/h4H,2-3,5,7H2,1H3,(H,8,9,10). The van der Waals surface area contributed by atoms with Crippen molar-refractivity contribution in [1.29, 1.82) is 0 Å². The van der Waals surface area contributed by atoms with Crippen molar-refractivity contribution in [2.45, 2.75) is 6.54 Å². The third kappa shape index (κ3) is 2.65. The summed E-state index contributed by atoms with van der Waals surface area (Å²) in [5.41, 5.74) is 6.32. The van der Waals surface area contributed by atoms with Crippen LogP contribution in [0.15, 0.2) is 6.20 Å².